The molecule has 0 saturated heterocycles. The molecule has 0 unspecified atom stereocenters. The highest BCUT2D eigenvalue weighted by Gasteiger charge is 2.06. The van der Waals surface area contributed by atoms with E-state index in [0.29, 0.717) is 35.4 Å². The minimum absolute atomic E-state index is 0. The third kappa shape index (κ3) is 8.88. The van der Waals surface area contributed by atoms with Gasteiger partial charge in [0.05, 0.1) is 4.90 Å². The molecule has 29 heavy (non-hydrogen) atoms. The van der Waals surface area contributed by atoms with Crippen LogP contribution in [-0.4, -0.2) is 40.3 Å². The van der Waals surface area contributed by atoms with Crippen molar-refractivity contribution in [2.24, 2.45) is 4.99 Å². The number of nitrogens with zero attached hydrogens (tertiary/aromatic N) is 1. The molecule has 0 aromatic heterocycles. The Hall–Kier alpha value is -1.39. The zero-order chi connectivity index (χ0) is 20.6. The first-order valence-electron chi connectivity index (χ1n) is 9.04. The summed E-state index contributed by atoms with van der Waals surface area (Å²) in [5, 5.41) is 6.83. The second-order valence-corrected chi connectivity index (χ2v) is 8.76. The lowest BCUT2D eigenvalue weighted by Gasteiger charge is -2.12. The predicted octanol–water partition coefficient (Wildman–Crippen LogP) is 3.84. The van der Waals surface area contributed by atoms with E-state index >= 15 is 0 Å². The highest BCUT2D eigenvalue weighted by Crippen LogP contribution is 2.17. The summed E-state index contributed by atoms with van der Waals surface area (Å²) >= 11 is 6.04. The lowest BCUT2D eigenvalue weighted by molar-refractivity contribution is 0.602. The molecule has 2 aromatic carbocycles. The van der Waals surface area contributed by atoms with Crippen molar-refractivity contribution in [2.75, 3.05) is 25.9 Å². The van der Waals surface area contributed by atoms with Crippen LogP contribution in [0.5, 0.6) is 0 Å². The molecular weight excluding hydrogens is 528 g/mol. The number of sulfone groups is 1. The minimum Gasteiger partial charge on any atom is -0.357 e. The molecule has 0 amide bonds. The van der Waals surface area contributed by atoms with Gasteiger partial charge in [-0.25, -0.2) is 12.8 Å². The van der Waals surface area contributed by atoms with Crippen LogP contribution < -0.4 is 10.6 Å². The molecule has 0 spiro atoms. The quantitative estimate of drug-likeness (QED) is 0.296. The van der Waals surface area contributed by atoms with Crippen LogP contribution in [-0.2, 0) is 22.7 Å². The van der Waals surface area contributed by atoms with E-state index in [0.717, 1.165) is 24.1 Å². The fourth-order valence-corrected chi connectivity index (χ4v) is 3.48. The van der Waals surface area contributed by atoms with E-state index in [1.54, 1.807) is 18.2 Å². The molecule has 0 fully saturated rings. The fraction of sp³-hybridized carbons (Fsp3) is 0.350. The third-order valence-corrected chi connectivity index (χ3v) is 5.55. The van der Waals surface area contributed by atoms with E-state index in [2.05, 4.69) is 15.6 Å². The smallest absolute Gasteiger partial charge is 0.191 e. The summed E-state index contributed by atoms with van der Waals surface area (Å²) in [5.74, 6) is 0.338. The maximum absolute atomic E-state index is 13.1. The first-order valence-corrected chi connectivity index (χ1v) is 11.3. The van der Waals surface area contributed by atoms with Crippen molar-refractivity contribution in [3.05, 3.63) is 64.4 Å². The second-order valence-electron chi connectivity index (χ2n) is 6.34. The van der Waals surface area contributed by atoms with Gasteiger partial charge in [0.1, 0.15) is 5.82 Å². The molecule has 2 aromatic rings. The molecule has 0 atom stereocenters. The monoisotopic (exact) mass is 553 g/mol. The van der Waals surface area contributed by atoms with Crippen molar-refractivity contribution < 1.29 is 12.8 Å². The lowest BCUT2D eigenvalue weighted by atomic mass is 10.1. The predicted molar refractivity (Wildman–Crippen MR) is 128 cm³/mol. The molecule has 160 valence electrons. The Bertz CT molecular complexity index is 922. The van der Waals surface area contributed by atoms with E-state index in [4.69, 9.17) is 11.6 Å². The number of benzene rings is 2. The maximum atomic E-state index is 13.1. The highest BCUT2D eigenvalue weighted by atomic mass is 127. The Morgan fingerprint density at radius 1 is 1.10 bits per heavy atom. The topological polar surface area (TPSA) is 70.6 Å². The Kier molecular flexibility index (Phi) is 10.9. The Morgan fingerprint density at radius 3 is 2.38 bits per heavy atom. The molecule has 0 bridgehead atoms. The summed E-state index contributed by atoms with van der Waals surface area (Å²) in [4.78, 5) is 4.83. The van der Waals surface area contributed by atoms with Crippen molar-refractivity contribution in [1.82, 2.24) is 10.6 Å². The lowest BCUT2D eigenvalue weighted by Crippen LogP contribution is -2.38. The summed E-state index contributed by atoms with van der Waals surface area (Å²) in [5.41, 5.74) is 1.89. The van der Waals surface area contributed by atoms with Crippen molar-refractivity contribution >= 4 is 51.4 Å². The van der Waals surface area contributed by atoms with Crippen molar-refractivity contribution in [3.63, 3.8) is 0 Å². The fourth-order valence-electron chi connectivity index (χ4n) is 2.58. The van der Waals surface area contributed by atoms with Crippen molar-refractivity contribution in [1.29, 1.82) is 0 Å². The number of rotatable bonds is 8. The number of hydrogen-bond acceptors (Lipinski definition) is 3. The largest absolute Gasteiger partial charge is 0.357 e. The van der Waals surface area contributed by atoms with E-state index in [-0.39, 0.29) is 29.8 Å². The van der Waals surface area contributed by atoms with E-state index in [9.17, 15) is 12.8 Å². The van der Waals surface area contributed by atoms with Gasteiger partial charge in [-0.05, 0) is 55.2 Å². The first kappa shape index (κ1) is 25.6. The molecule has 0 radical (unpaired) electrons. The number of hydrogen-bond donors (Lipinski definition) is 2. The molecule has 9 heteroatoms. The third-order valence-electron chi connectivity index (χ3n) is 4.07. The summed E-state index contributed by atoms with van der Waals surface area (Å²) in [6.45, 7) is 3.88. The van der Waals surface area contributed by atoms with Crippen molar-refractivity contribution in [3.8, 4) is 0 Å². The van der Waals surface area contributed by atoms with Crippen LogP contribution in [0.2, 0.25) is 5.02 Å². The van der Waals surface area contributed by atoms with Crippen LogP contribution in [0.15, 0.2) is 52.4 Å². The molecule has 0 aliphatic rings. The summed E-state index contributed by atoms with van der Waals surface area (Å²) < 4.78 is 36.1. The van der Waals surface area contributed by atoms with E-state index < -0.39 is 9.84 Å². The summed E-state index contributed by atoms with van der Waals surface area (Å²) in [7, 11) is -3.17. The molecule has 0 aliphatic carbocycles. The molecule has 5 nitrogen and oxygen atoms in total. The van der Waals surface area contributed by atoms with Gasteiger partial charge in [-0.1, -0.05) is 29.8 Å². The van der Waals surface area contributed by atoms with Crippen LogP contribution in [0.4, 0.5) is 4.39 Å². The molecule has 0 saturated carbocycles. The van der Waals surface area contributed by atoms with Gasteiger partial charge in [0.25, 0.3) is 0 Å². The highest BCUT2D eigenvalue weighted by molar-refractivity contribution is 14.0. The number of aliphatic imine (C=N–C) groups is 1. The van der Waals surface area contributed by atoms with E-state index in [1.807, 2.05) is 19.1 Å². The van der Waals surface area contributed by atoms with Crippen LogP contribution in [0.25, 0.3) is 0 Å². The van der Waals surface area contributed by atoms with Gasteiger partial charge in [-0.3, -0.25) is 4.99 Å². The molecular formula is C20H26ClFIN3O2S. The Balaban J connectivity index is 0.00000420. The van der Waals surface area contributed by atoms with Gasteiger partial charge in [0, 0.05) is 30.9 Å². The average molecular weight is 554 g/mol. The maximum Gasteiger partial charge on any atom is 0.191 e. The summed E-state index contributed by atoms with van der Waals surface area (Å²) in [6.07, 6.45) is 2.54. The van der Waals surface area contributed by atoms with E-state index in [1.165, 1.54) is 18.4 Å². The molecule has 2 rings (SSSR count). The number of halogens is 3. The Morgan fingerprint density at radius 2 is 1.79 bits per heavy atom. The minimum atomic E-state index is -3.17. The standard InChI is InChI=1S/C20H25ClFN3O2S.HI/c1-3-23-20(25-13-11-16-6-7-17(22)14-19(16)21)24-12-10-15-4-8-18(9-5-15)28(2,26)27;/h4-9,14H,3,10-13H2,1-2H3,(H2,23,24,25);1H. The zero-order valence-electron chi connectivity index (χ0n) is 16.4. The second kappa shape index (κ2) is 12.3. The SMILES string of the molecule is CCNC(=NCCc1ccc(F)cc1Cl)NCCc1ccc(S(C)(=O)=O)cc1.I. The van der Waals surface area contributed by atoms with Gasteiger partial charge in [-0.2, -0.15) is 0 Å². The normalized spacial score (nSPS) is 11.7. The van der Waals surface area contributed by atoms with Gasteiger partial charge < -0.3 is 10.6 Å². The molecule has 2 N–H and O–H groups in total. The Labute approximate surface area is 194 Å². The average Bonchev–Trinajstić information content (AvgIpc) is 2.63. The van der Waals surface area contributed by atoms with Gasteiger partial charge in [0.15, 0.2) is 15.8 Å². The van der Waals surface area contributed by atoms with Crippen LogP contribution >= 0.6 is 35.6 Å². The number of nitrogens with one attached hydrogen (secondary N) is 2. The van der Waals surface area contributed by atoms with Gasteiger partial charge in [-0.15, -0.1) is 24.0 Å². The van der Waals surface area contributed by atoms with Crippen LogP contribution in [0, 0.1) is 5.82 Å². The van der Waals surface area contributed by atoms with Gasteiger partial charge in [0.2, 0.25) is 0 Å². The van der Waals surface area contributed by atoms with Crippen LogP contribution in [0.1, 0.15) is 18.1 Å². The molecule has 0 aliphatic heterocycles. The van der Waals surface area contributed by atoms with Gasteiger partial charge >= 0.3 is 0 Å². The first-order chi connectivity index (χ1) is 13.3. The molecule has 0 heterocycles. The summed E-state index contributed by atoms with van der Waals surface area (Å²) in [6, 6.07) is 11.3. The van der Waals surface area contributed by atoms with Crippen LogP contribution in [0.3, 0.4) is 0 Å². The number of guanidine groups is 1. The zero-order valence-corrected chi connectivity index (χ0v) is 20.3. The van der Waals surface area contributed by atoms with Crippen molar-refractivity contribution in [2.45, 2.75) is 24.7 Å².